The lowest BCUT2D eigenvalue weighted by Crippen LogP contribution is -2.81. The molecule has 5 saturated carbocycles. The summed E-state index contributed by atoms with van der Waals surface area (Å²) >= 11 is 0. The summed E-state index contributed by atoms with van der Waals surface area (Å²) in [7, 11) is 6.29. The van der Waals surface area contributed by atoms with Crippen LogP contribution in [0.15, 0.2) is 0 Å². The molecule has 6 aliphatic rings. The second-order valence-corrected chi connectivity index (χ2v) is 12.1. The van der Waals surface area contributed by atoms with Crippen LogP contribution in [0.3, 0.4) is 0 Å². The summed E-state index contributed by atoms with van der Waals surface area (Å²) in [5.41, 5.74) is -4.81. The molecule has 6 rings (SSSR count). The van der Waals surface area contributed by atoms with Crippen molar-refractivity contribution < 1.29 is 44.5 Å². The van der Waals surface area contributed by atoms with E-state index in [-0.39, 0.29) is 18.4 Å². The predicted octanol–water partition coefficient (Wildman–Crippen LogP) is -1.79. The van der Waals surface area contributed by atoms with Crippen molar-refractivity contribution in [1.82, 2.24) is 4.90 Å². The second kappa shape index (κ2) is 7.59. The number of rotatable bonds is 6. The Bertz CT molecular complexity index is 878. The van der Waals surface area contributed by atoms with Crippen molar-refractivity contribution >= 4 is 0 Å². The molecule has 0 aromatic rings. The highest BCUT2D eigenvalue weighted by Gasteiger charge is 2.90. The number of fused-ring (bicyclic) bond motifs is 2. The molecular formula is C25H41NO9. The SMILES string of the molecule is CCN1C[C@@]2(COC)[C@H](O)C[C@H](OC)[C@]34[C@@H]1[C@H]([C@@H](OC)[C@H]23)[C@]1(O)[C@H]2[C@@H](O)[C@](O)(C[C@@H]24)[C@H](OC)[C@@H]1O. The maximum Gasteiger partial charge on any atom is 0.120 e. The van der Waals surface area contributed by atoms with Gasteiger partial charge in [-0.25, -0.2) is 0 Å². The van der Waals surface area contributed by atoms with Gasteiger partial charge in [-0.1, -0.05) is 6.92 Å². The Morgan fingerprint density at radius 2 is 1.66 bits per heavy atom. The zero-order chi connectivity index (χ0) is 25.3. The maximum atomic E-state index is 12.6. The van der Waals surface area contributed by atoms with Gasteiger partial charge in [0, 0.05) is 76.0 Å². The van der Waals surface area contributed by atoms with Gasteiger partial charge in [-0.15, -0.1) is 0 Å². The summed E-state index contributed by atoms with van der Waals surface area (Å²) < 4.78 is 23.7. The smallest absolute Gasteiger partial charge is 0.120 e. The van der Waals surface area contributed by atoms with Crippen molar-refractivity contribution in [1.29, 1.82) is 0 Å². The van der Waals surface area contributed by atoms with Gasteiger partial charge in [0.25, 0.3) is 0 Å². The van der Waals surface area contributed by atoms with Crippen molar-refractivity contribution in [2.24, 2.45) is 34.5 Å². The van der Waals surface area contributed by atoms with Crippen molar-refractivity contribution in [2.45, 2.75) is 73.6 Å². The van der Waals surface area contributed by atoms with Crippen LogP contribution in [-0.2, 0) is 18.9 Å². The number of piperidine rings is 1. The van der Waals surface area contributed by atoms with Crippen molar-refractivity contribution in [3.05, 3.63) is 0 Å². The Balaban J connectivity index is 1.68. The molecule has 0 unspecified atom stereocenters. The maximum absolute atomic E-state index is 12.6. The molecule has 1 heterocycles. The first-order chi connectivity index (χ1) is 16.6. The molecule has 10 heteroatoms. The van der Waals surface area contributed by atoms with Gasteiger partial charge in [0.2, 0.25) is 0 Å². The molecule has 1 saturated heterocycles. The van der Waals surface area contributed by atoms with Gasteiger partial charge in [0.1, 0.15) is 23.4 Å². The average molecular weight is 500 g/mol. The number of ether oxygens (including phenoxy) is 4. The van der Waals surface area contributed by atoms with Crippen LogP contribution in [-0.4, -0.2) is 132 Å². The third-order valence-electron chi connectivity index (χ3n) is 11.7. The molecule has 5 N–H and O–H groups in total. The summed E-state index contributed by atoms with van der Waals surface area (Å²) in [4.78, 5) is 2.29. The summed E-state index contributed by atoms with van der Waals surface area (Å²) in [5.74, 6) is -2.04. The topological polar surface area (TPSA) is 141 Å². The standard InChI is InChI=1S/C25H41NO9/c1-6-26-9-22(10-32-2)12(27)7-13(33-3)24-11-8-23(30)19(28)14(11)25(31,20(29)21(23)35-5)15(18(24)26)16(34-4)17(22)24/h11-21,27-31H,6-10H2,1-5H3/t11-,12+,13-,14+,15-,16+,17+,18-,19+,20-,21+,22+,23+,24-,25+/m0/s1. The molecule has 0 aromatic heterocycles. The molecule has 15 atom stereocenters. The first kappa shape index (κ1) is 24.9. The van der Waals surface area contributed by atoms with Gasteiger partial charge < -0.3 is 44.5 Å². The van der Waals surface area contributed by atoms with E-state index in [4.69, 9.17) is 18.9 Å². The van der Waals surface area contributed by atoms with Gasteiger partial charge in [-0.3, -0.25) is 4.90 Å². The quantitative estimate of drug-likeness (QED) is 0.285. The summed E-state index contributed by atoms with van der Waals surface area (Å²) in [6.45, 7) is 3.58. The molecule has 0 amide bonds. The minimum Gasteiger partial charge on any atom is -0.392 e. The number of aliphatic hydroxyl groups is 5. The third kappa shape index (κ3) is 2.35. The van der Waals surface area contributed by atoms with E-state index in [1.54, 1.807) is 21.3 Å². The van der Waals surface area contributed by atoms with E-state index in [0.717, 1.165) is 0 Å². The normalized spacial score (nSPS) is 62.4. The minimum atomic E-state index is -1.76. The van der Waals surface area contributed by atoms with E-state index in [1.165, 1.54) is 7.11 Å². The lowest BCUT2D eigenvalue weighted by molar-refractivity contribution is -0.320. The molecule has 10 nitrogen and oxygen atoms in total. The number of hydrogen-bond acceptors (Lipinski definition) is 10. The summed E-state index contributed by atoms with van der Waals surface area (Å²) in [5, 5.41) is 59.3. The Morgan fingerprint density at radius 3 is 2.23 bits per heavy atom. The number of likely N-dealkylation sites (tertiary alicyclic amines) is 1. The van der Waals surface area contributed by atoms with E-state index < -0.39 is 76.4 Å². The Morgan fingerprint density at radius 1 is 0.943 bits per heavy atom. The van der Waals surface area contributed by atoms with Crippen LogP contribution in [0.2, 0.25) is 0 Å². The Labute approximate surface area is 206 Å². The van der Waals surface area contributed by atoms with Gasteiger partial charge in [0.15, 0.2) is 0 Å². The van der Waals surface area contributed by atoms with Crippen LogP contribution in [0.4, 0.5) is 0 Å². The van der Waals surface area contributed by atoms with E-state index in [1.807, 2.05) is 0 Å². The molecule has 1 spiro atoms. The van der Waals surface area contributed by atoms with Crippen LogP contribution in [0, 0.1) is 34.5 Å². The fourth-order valence-electron chi connectivity index (χ4n) is 11.0. The highest BCUT2D eigenvalue weighted by atomic mass is 16.5. The van der Waals surface area contributed by atoms with Crippen molar-refractivity contribution in [3.8, 4) is 0 Å². The fourth-order valence-corrected chi connectivity index (χ4v) is 11.0. The fraction of sp³-hybridized carbons (Fsp3) is 1.00. The van der Waals surface area contributed by atoms with Crippen LogP contribution >= 0.6 is 0 Å². The molecule has 0 aromatic carbocycles. The van der Waals surface area contributed by atoms with Gasteiger partial charge >= 0.3 is 0 Å². The number of methoxy groups -OCH3 is 4. The van der Waals surface area contributed by atoms with E-state index in [2.05, 4.69) is 11.8 Å². The predicted molar refractivity (Wildman–Crippen MR) is 121 cm³/mol. The van der Waals surface area contributed by atoms with E-state index in [9.17, 15) is 25.5 Å². The molecule has 6 fully saturated rings. The highest BCUT2D eigenvalue weighted by Crippen LogP contribution is 2.79. The first-order valence-corrected chi connectivity index (χ1v) is 12.9. The van der Waals surface area contributed by atoms with Gasteiger partial charge in [0.05, 0.1) is 31.0 Å². The average Bonchev–Trinajstić information content (AvgIpc) is 3.19. The molecule has 7 bridgehead atoms. The van der Waals surface area contributed by atoms with Crippen LogP contribution in [0.5, 0.6) is 0 Å². The second-order valence-electron chi connectivity index (χ2n) is 12.1. The summed E-state index contributed by atoms with van der Waals surface area (Å²) in [6.07, 6.45) is -4.95. The number of nitrogens with zero attached hydrogens (tertiary/aromatic N) is 1. The zero-order valence-corrected chi connectivity index (χ0v) is 21.2. The monoisotopic (exact) mass is 499 g/mol. The lowest BCUT2D eigenvalue weighted by Gasteiger charge is -2.70. The molecule has 35 heavy (non-hydrogen) atoms. The lowest BCUT2D eigenvalue weighted by atomic mass is 9.42. The number of hydrogen-bond donors (Lipinski definition) is 5. The Hall–Kier alpha value is -0.400. The third-order valence-corrected chi connectivity index (χ3v) is 11.7. The summed E-state index contributed by atoms with van der Waals surface area (Å²) in [6, 6.07) is -0.240. The van der Waals surface area contributed by atoms with Gasteiger partial charge in [-0.05, 0) is 18.9 Å². The molecule has 200 valence electrons. The van der Waals surface area contributed by atoms with Crippen LogP contribution in [0.25, 0.3) is 0 Å². The highest BCUT2D eigenvalue weighted by molar-refractivity contribution is 5.39. The Kier molecular flexibility index (Phi) is 5.40. The largest absolute Gasteiger partial charge is 0.392 e. The molecule has 5 aliphatic carbocycles. The van der Waals surface area contributed by atoms with Crippen molar-refractivity contribution in [2.75, 3.05) is 48.1 Å². The molecule has 1 aliphatic heterocycles. The van der Waals surface area contributed by atoms with Crippen molar-refractivity contribution in [3.63, 3.8) is 0 Å². The number of aliphatic hydroxyl groups excluding tert-OH is 3. The first-order valence-electron chi connectivity index (χ1n) is 12.9. The minimum absolute atomic E-state index is 0.156. The molecule has 0 radical (unpaired) electrons. The van der Waals surface area contributed by atoms with Crippen LogP contribution < -0.4 is 0 Å². The van der Waals surface area contributed by atoms with E-state index in [0.29, 0.717) is 26.1 Å². The van der Waals surface area contributed by atoms with Crippen LogP contribution in [0.1, 0.15) is 19.8 Å². The van der Waals surface area contributed by atoms with Gasteiger partial charge in [-0.2, -0.15) is 0 Å². The van der Waals surface area contributed by atoms with E-state index >= 15 is 0 Å². The molecular weight excluding hydrogens is 458 g/mol. The zero-order valence-electron chi connectivity index (χ0n) is 21.2.